The summed E-state index contributed by atoms with van der Waals surface area (Å²) in [5.74, 6) is 1.64. The van der Waals surface area contributed by atoms with Gasteiger partial charge in [0.1, 0.15) is 0 Å². The molecule has 1 aromatic carbocycles. The molecule has 0 amide bonds. The first-order valence-corrected chi connectivity index (χ1v) is 8.59. The van der Waals surface area contributed by atoms with E-state index in [2.05, 4.69) is 68.2 Å². The van der Waals surface area contributed by atoms with E-state index < -0.39 is 0 Å². The molecule has 0 saturated heterocycles. The van der Waals surface area contributed by atoms with Crippen molar-refractivity contribution >= 4 is 0 Å². The summed E-state index contributed by atoms with van der Waals surface area (Å²) in [7, 11) is 0. The van der Waals surface area contributed by atoms with Gasteiger partial charge in [0.25, 0.3) is 0 Å². The lowest BCUT2D eigenvalue weighted by atomic mass is 10.0. The molecule has 1 atom stereocenters. The summed E-state index contributed by atoms with van der Waals surface area (Å²) in [6.07, 6.45) is 2.84. The Morgan fingerprint density at radius 3 is 2.24 bits per heavy atom. The molecule has 1 aliphatic rings. The summed E-state index contributed by atoms with van der Waals surface area (Å²) in [6, 6.07) is 12.1. The highest BCUT2D eigenvalue weighted by atomic mass is 15.2. The zero-order valence-corrected chi connectivity index (χ0v) is 14.2. The van der Waals surface area contributed by atoms with E-state index in [9.17, 15) is 0 Å². The predicted molar refractivity (Wildman–Crippen MR) is 91.5 cm³/mol. The maximum absolute atomic E-state index is 3.67. The van der Waals surface area contributed by atoms with Gasteiger partial charge in [-0.05, 0) is 50.6 Å². The molecule has 1 aliphatic carbocycles. The first-order chi connectivity index (χ1) is 10.1. The molecule has 0 aliphatic heterocycles. The first-order valence-electron chi connectivity index (χ1n) is 8.59. The first kappa shape index (κ1) is 16.5. The Hall–Kier alpha value is -0.860. The van der Waals surface area contributed by atoms with E-state index in [0.717, 1.165) is 19.0 Å². The van der Waals surface area contributed by atoms with Crippen molar-refractivity contribution in [1.29, 1.82) is 0 Å². The van der Waals surface area contributed by atoms with Gasteiger partial charge in [-0.3, -0.25) is 4.90 Å². The maximum atomic E-state index is 3.67. The van der Waals surface area contributed by atoms with Gasteiger partial charge in [0.05, 0.1) is 0 Å². The van der Waals surface area contributed by atoms with E-state index in [0.29, 0.717) is 18.0 Å². The SMILES string of the molecule is CC(C)CNCC(c1ccccc1)N(CC1CC1)C(C)C. The Morgan fingerprint density at radius 1 is 1.05 bits per heavy atom. The summed E-state index contributed by atoms with van der Waals surface area (Å²) in [4.78, 5) is 2.69. The Labute approximate surface area is 130 Å². The summed E-state index contributed by atoms with van der Waals surface area (Å²) in [5.41, 5.74) is 1.45. The van der Waals surface area contributed by atoms with Crippen molar-refractivity contribution in [2.45, 2.75) is 52.6 Å². The molecule has 2 rings (SSSR count). The van der Waals surface area contributed by atoms with Crippen molar-refractivity contribution in [3.05, 3.63) is 35.9 Å². The average Bonchev–Trinajstić information content (AvgIpc) is 3.26. The zero-order valence-electron chi connectivity index (χ0n) is 14.2. The molecule has 1 fully saturated rings. The molecule has 0 aromatic heterocycles. The molecule has 1 aromatic rings. The van der Waals surface area contributed by atoms with Gasteiger partial charge in [-0.2, -0.15) is 0 Å². The van der Waals surface area contributed by atoms with Gasteiger partial charge in [0, 0.05) is 25.2 Å². The van der Waals surface area contributed by atoms with Crippen LogP contribution in [0, 0.1) is 11.8 Å². The highest BCUT2D eigenvalue weighted by molar-refractivity contribution is 5.20. The Morgan fingerprint density at radius 2 is 1.71 bits per heavy atom. The van der Waals surface area contributed by atoms with Crippen molar-refractivity contribution in [2.24, 2.45) is 11.8 Å². The van der Waals surface area contributed by atoms with Crippen molar-refractivity contribution < 1.29 is 0 Å². The number of rotatable bonds is 9. The molecule has 21 heavy (non-hydrogen) atoms. The lowest BCUT2D eigenvalue weighted by Gasteiger charge is -2.36. The normalized spacial score (nSPS) is 16.9. The molecular formula is C19H32N2. The third-order valence-electron chi connectivity index (χ3n) is 4.30. The van der Waals surface area contributed by atoms with Crippen LogP contribution in [0.1, 0.15) is 52.1 Å². The number of nitrogens with one attached hydrogen (secondary N) is 1. The molecule has 0 radical (unpaired) electrons. The lowest BCUT2D eigenvalue weighted by molar-refractivity contribution is 0.142. The van der Waals surface area contributed by atoms with Gasteiger partial charge in [0.2, 0.25) is 0 Å². The molecule has 2 nitrogen and oxygen atoms in total. The Kier molecular flexibility index (Phi) is 6.25. The number of benzene rings is 1. The van der Waals surface area contributed by atoms with Gasteiger partial charge in [-0.25, -0.2) is 0 Å². The Bertz CT molecular complexity index is 395. The van der Waals surface area contributed by atoms with E-state index in [1.807, 2.05) is 0 Å². The molecule has 2 heteroatoms. The number of nitrogens with zero attached hydrogens (tertiary/aromatic N) is 1. The summed E-state index contributed by atoms with van der Waals surface area (Å²) in [6.45, 7) is 12.6. The molecule has 1 saturated carbocycles. The molecule has 1 N–H and O–H groups in total. The molecule has 1 unspecified atom stereocenters. The number of hydrogen-bond acceptors (Lipinski definition) is 2. The van der Waals surface area contributed by atoms with Crippen LogP contribution in [-0.2, 0) is 0 Å². The third kappa shape index (κ3) is 5.44. The lowest BCUT2D eigenvalue weighted by Crippen LogP contribution is -2.41. The molecule has 118 valence electrons. The van der Waals surface area contributed by atoms with Crippen molar-refractivity contribution in [2.75, 3.05) is 19.6 Å². The monoisotopic (exact) mass is 288 g/mol. The van der Waals surface area contributed by atoms with Crippen LogP contribution in [0.4, 0.5) is 0 Å². The van der Waals surface area contributed by atoms with Crippen LogP contribution in [0.5, 0.6) is 0 Å². The molecule has 0 bridgehead atoms. The van der Waals surface area contributed by atoms with Gasteiger partial charge in [-0.1, -0.05) is 44.2 Å². The van der Waals surface area contributed by atoms with Crippen molar-refractivity contribution in [3.63, 3.8) is 0 Å². The highest BCUT2D eigenvalue weighted by Gasteiger charge is 2.30. The number of hydrogen-bond donors (Lipinski definition) is 1. The van der Waals surface area contributed by atoms with Crippen LogP contribution in [0.15, 0.2) is 30.3 Å². The van der Waals surface area contributed by atoms with Crippen LogP contribution >= 0.6 is 0 Å². The van der Waals surface area contributed by atoms with Gasteiger partial charge in [-0.15, -0.1) is 0 Å². The van der Waals surface area contributed by atoms with E-state index in [-0.39, 0.29) is 0 Å². The second-order valence-corrected chi connectivity index (χ2v) is 7.21. The minimum absolute atomic E-state index is 0.491. The topological polar surface area (TPSA) is 15.3 Å². The fraction of sp³-hybridized carbons (Fsp3) is 0.684. The van der Waals surface area contributed by atoms with E-state index in [1.165, 1.54) is 24.9 Å². The fourth-order valence-electron chi connectivity index (χ4n) is 2.91. The van der Waals surface area contributed by atoms with Crippen molar-refractivity contribution in [3.8, 4) is 0 Å². The van der Waals surface area contributed by atoms with Crippen LogP contribution in [0.25, 0.3) is 0 Å². The second kappa shape index (κ2) is 7.95. The maximum Gasteiger partial charge on any atom is 0.0475 e. The quantitative estimate of drug-likeness (QED) is 0.736. The Balaban J connectivity index is 2.08. The predicted octanol–water partition coefficient (Wildman–Crippen LogP) is 4.09. The molecule has 0 spiro atoms. The summed E-state index contributed by atoms with van der Waals surface area (Å²) in [5, 5.41) is 3.67. The van der Waals surface area contributed by atoms with E-state index in [1.54, 1.807) is 0 Å². The van der Waals surface area contributed by atoms with Crippen molar-refractivity contribution in [1.82, 2.24) is 10.2 Å². The third-order valence-corrected chi connectivity index (χ3v) is 4.30. The van der Waals surface area contributed by atoms with Gasteiger partial charge >= 0.3 is 0 Å². The average molecular weight is 288 g/mol. The van der Waals surface area contributed by atoms with Crippen LogP contribution in [0.3, 0.4) is 0 Å². The minimum Gasteiger partial charge on any atom is -0.315 e. The van der Waals surface area contributed by atoms with E-state index >= 15 is 0 Å². The van der Waals surface area contributed by atoms with Gasteiger partial charge in [0.15, 0.2) is 0 Å². The smallest absolute Gasteiger partial charge is 0.0475 e. The second-order valence-electron chi connectivity index (χ2n) is 7.21. The molecular weight excluding hydrogens is 256 g/mol. The highest BCUT2D eigenvalue weighted by Crippen LogP contribution is 2.33. The minimum atomic E-state index is 0.491. The summed E-state index contributed by atoms with van der Waals surface area (Å²) >= 11 is 0. The van der Waals surface area contributed by atoms with Gasteiger partial charge < -0.3 is 5.32 Å². The standard InChI is InChI=1S/C19H32N2/c1-15(2)12-20-13-19(18-8-6-5-7-9-18)21(16(3)4)14-17-10-11-17/h5-9,15-17,19-20H,10-14H2,1-4H3. The van der Waals surface area contributed by atoms with Crippen LogP contribution in [-0.4, -0.2) is 30.6 Å². The van der Waals surface area contributed by atoms with Crippen LogP contribution in [0.2, 0.25) is 0 Å². The largest absolute Gasteiger partial charge is 0.315 e. The van der Waals surface area contributed by atoms with Crippen LogP contribution < -0.4 is 5.32 Å². The van der Waals surface area contributed by atoms with E-state index in [4.69, 9.17) is 0 Å². The molecule has 0 heterocycles. The summed E-state index contributed by atoms with van der Waals surface area (Å²) < 4.78 is 0. The zero-order chi connectivity index (χ0) is 15.2. The fourth-order valence-corrected chi connectivity index (χ4v) is 2.91.